The van der Waals surface area contributed by atoms with Gasteiger partial charge in [-0.15, -0.1) is 0 Å². The van der Waals surface area contributed by atoms with Crippen LogP contribution in [-0.2, 0) is 25.6 Å². The molecule has 7 nitrogen and oxygen atoms in total. The molecule has 0 aromatic heterocycles. The lowest BCUT2D eigenvalue weighted by atomic mass is 10.0. The molecule has 0 heterocycles. The number of nitrogens with one attached hydrogen (secondary N) is 3. The Morgan fingerprint density at radius 1 is 0.889 bits per heavy atom. The average molecular weight is 375 g/mol. The maximum atomic E-state index is 12.0. The molecule has 1 aromatic rings. The van der Waals surface area contributed by atoms with Gasteiger partial charge in [0.1, 0.15) is 0 Å². The monoisotopic (exact) mass is 375 g/mol. The Morgan fingerprint density at radius 2 is 1.52 bits per heavy atom. The van der Waals surface area contributed by atoms with Crippen molar-refractivity contribution in [2.45, 2.75) is 52.0 Å². The van der Waals surface area contributed by atoms with Gasteiger partial charge in [0.15, 0.2) is 5.78 Å². The fraction of sp³-hybridized carbons (Fsp3) is 0.500. The maximum Gasteiger partial charge on any atom is 0.239 e. The van der Waals surface area contributed by atoms with Crippen LogP contribution in [0.15, 0.2) is 30.3 Å². The molecule has 7 heteroatoms. The highest BCUT2D eigenvalue weighted by atomic mass is 16.2. The van der Waals surface area contributed by atoms with Gasteiger partial charge in [-0.1, -0.05) is 50.1 Å². The Balaban J connectivity index is 2.32. The fourth-order valence-corrected chi connectivity index (χ4v) is 2.44. The first kappa shape index (κ1) is 22.3. The molecule has 0 fully saturated rings. The summed E-state index contributed by atoms with van der Waals surface area (Å²) in [7, 11) is 0. The van der Waals surface area contributed by atoms with Gasteiger partial charge in [0.05, 0.1) is 19.1 Å². The topological polar surface area (TPSA) is 104 Å². The molecule has 0 unspecified atom stereocenters. The van der Waals surface area contributed by atoms with E-state index < -0.39 is 17.9 Å². The van der Waals surface area contributed by atoms with E-state index in [1.165, 1.54) is 6.92 Å². The van der Waals surface area contributed by atoms with Crippen molar-refractivity contribution in [3.8, 4) is 0 Å². The van der Waals surface area contributed by atoms with Crippen molar-refractivity contribution >= 4 is 23.5 Å². The number of rotatable bonds is 12. The number of carbonyl (C=O) groups is 4. The van der Waals surface area contributed by atoms with E-state index in [1.807, 2.05) is 37.3 Å². The molecule has 27 heavy (non-hydrogen) atoms. The van der Waals surface area contributed by atoms with Crippen LogP contribution in [0.4, 0.5) is 0 Å². The lowest BCUT2D eigenvalue weighted by Gasteiger charge is -2.16. The third-order valence-corrected chi connectivity index (χ3v) is 4.01. The molecule has 0 radical (unpaired) electrons. The van der Waals surface area contributed by atoms with Gasteiger partial charge in [-0.2, -0.15) is 0 Å². The predicted molar refractivity (Wildman–Crippen MR) is 103 cm³/mol. The Hall–Kier alpha value is -2.70. The zero-order valence-corrected chi connectivity index (χ0v) is 16.0. The first-order valence-corrected chi connectivity index (χ1v) is 9.29. The quantitative estimate of drug-likeness (QED) is 0.476. The van der Waals surface area contributed by atoms with Crippen molar-refractivity contribution < 1.29 is 19.2 Å². The summed E-state index contributed by atoms with van der Waals surface area (Å²) in [4.78, 5) is 47.0. The van der Waals surface area contributed by atoms with E-state index in [0.717, 1.165) is 24.8 Å². The second-order valence-electron chi connectivity index (χ2n) is 6.43. The van der Waals surface area contributed by atoms with Crippen LogP contribution in [0.2, 0.25) is 0 Å². The van der Waals surface area contributed by atoms with Gasteiger partial charge >= 0.3 is 0 Å². The highest BCUT2D eigenvalue weighted by Crippen LogP contribution is 2.04. The highest BCUT2D eigenvalue weighted by Gasteiger charge is 2.18. The summed E-state index contributed by atoms with van der Waals surface area (Å²) >= 11 is 0. The molecule has 0 aliphatic heterocycles. The molecular weight excluding hydrogens is 346 g/mol. The first-order valence-electron chi connectivity index (χ1n) is 9.29. The summed E-state index contributed by atoms with van der Waals surface area (Å²) < 4.78 is 0. The van der Waals surface area contributed by atoms with Crippen LogP contribution < -0.4 is 16.0 Å². The number of ketones is 1. The molecular formula is C20H29N3O4. The van der Waals surface area contributed by atoms with Crippen LogP contribution in [0.3, 0.4) is 0 Å². The molecule has 3 N–H and O–H groups in total. The van der Waals surface area contributed by atoms with Crippen molar-refractivity contribution in [3.63, 3.8) is 0 Å². The lowest BCUT2D eigenvalue weighted by molar-refractivity contribution is -0.129. The zero-order valence-electron chi connectivity index (χ0n) is 16.0. The smallest absolute Gasteiger partial charge is 0.239 e. The van der Waals surface area contributed by atoms with Crippen molar-refractivity contribution in [3.05, 3.63) is 35.9 Å². The Bertz CT molecular complexity index is 631. The third kappa shape index (κ3) is 10.1. The molecule has 0 aliphatic carbocycles. The third-order valence-electron chi connectivity index (χ3n) is 4.01. The van der Waals surface area contributed by atoms with Crippen LogP contribution in [0.1, 0.15) is 45.1 Å². The van der Waals surface area contributed by atoms with E-state index in [9.17, 15) is 19.2 Å². The summed E-state index contributed by atoms with van der Waals surface area (Å²) in [6.07, 6.45) is 3.57. The van der Waals surface area contributed by atoms with Crippen molar-refractivity contribution in [1.29, 1.82) is 0 Å². The molecule has 0 aliphatic rings. The number of amides is 3. The van der Waals surface area contributed by atoms with Gasteiger partial charge in [0.2, 0.25) is 17.7 Å². The zero-order chi connectivity index (χ0) is 20.1. The summed E-state index contributed by atoms with van der Waals surface area (Å²) in [5.74, 6) is -1.23. The molecule has 0 spiro atoms. The lowest BCUT2D eigenvalue weighted by Crippen LogP contribution is -2.47. The SMILES string of the molecule is CCCCCC(=O)NCC(=O)NCC(=O)N[C@@H](Cc1ccccc1)C(C)=O. The van der Waals surface area contributed by atoms with Gasteiger partial charge < -0.3 is 16.0 Å². The maximum absolute atomic E-state index is 12.0. The summed E-state index contributed by atoms with van der Waals surface area (Å²) in [5, 5.41) is 7.59. The second-order valence-corrected chi connectivity index (χ2v) is 6.43. The Morgan fingerprint density at radius 3 is 2.15 bits per heavy atom. The highest BCUT2D eigenvalue weighted by molar-refractivity contribution is 5.91. The van der Waals surface area contributed by atoms with Gasteiger partial charge in [-0.25, -0.2) is 0 Å². The molecule has 0 bridgehead atoms. The molecule has 0 saturated heterocycles. The van der Waals surface area contributed by atoms with Crippen LogP contribution in [-0.4, -0.2) is 42.6 Å². The number of hydrogen-bond acceptors (Lipinski definition) is 4. The largest absolute Gasteiger partial charge is 0.347 e. The number of carbonyl (C=O) groups excluding carboxylic acids is 4. The normalized spacial score (nSPS) is 11.3. The minimum atomic E-state index is -0.643. The Labute approximate surface area is 160 Å². The summed E-state index contributed by atoms with van der Waals surface area (Å²) in [6.45, 7) is 3.05. The molecule has 1 atom stereocenters. The Kier molecular flexibility index (Phi) is 10.4. The van der Waals surface area contributed by atoms with Crippen LogP contribution >= 0.6 is 0 Å². The number of benzene rings is 1. The van der Waals surface area contributed by atoms with Gasteiger partial charge in [-0.3, -0.25) is 19.2 Å². The van der Waals surface area contributed by atoms with Crippen LogP contribution in [0.25, 0.3) is 0 Å². The van der Waals surface area contributed by atoms with E-state index in [-0.39, 0.29) is 24.8 Å². The van der Waals surface area contributed by atoms with E-state index in [0.29, 0.717) is 12.8 Å². The van der Waals surface area contributed by atoms with Gasteiger partial charge in [0.25, 0.3) is 0 Å². The molecule has 1 rings (SSSR count). The standard InChI is InChI=1S/C20H29N3O4/c1-3-4-6-11-18(25)21-13-19(26)22-14-20(27)23-17(15(2)24)12-16-9-7-5-8-10-16/h5,7-10,17H,3-4,6,11-14H2,1-2H3,(H,21,25)(H,22,26)(H,23,27)/t17-/m0/s1. The first-order chi connectivity index (χ1) is 12.9. The van der Waals surface area contributed by atoms with Crippen LogP contribution in [0.5, 0.6) is 0 Å². The predicted octanol–water partition coefficient (Wildman–Crippen LogP) is 1.12. The average Bonchev–Trinajstić information content (AvgIpc) is 2.65. The number of Topliss-reactive ketones (excluding diaryl/α,β-unsaturated/α-hetero) is 1. The minimum absolute atomic E-state index is 0.155. The van der Waals surface area contributed by atoms with Crippen LogP contribution in [0, 0.1) is 0 Å². The minimum Gasteiger partial charge on any atom is -0.347 e. The molecule has 0 saturated carbocycles. The van der Waals surface area contributed by atoms with Crippen molar-refractivity contribution in [2.75, 3.05) is 13.1 Å². The van der Waals surface area contributed by atoms with Gasteiger partial charge in [-0.05, 0) is 25.3 Å². The fourth-order valence-electron chi connectivity index (χ4n) is 2.44. The second kappa shape index (κ2) is 12.6. The molecule has 148 valence electrons. The molecule has 3 amide bonds. The van der Waals surface area contributed by atoms with Crippen molar-refractivity contribution in [2.24, 2.45) is 0 Å². The van der Waals surface area contributed by atoms with E-state index >= 15 is 0 Å². The van der Waals surface area contributed by atoms with E-state index in [4.69, 9.17) is 0 Å². The number of hydrogen-bond donors (Lipinski definition) is 3. The number of unbranched alkanes of at least 4 members (excludes halogenated alkanes) is 2. The van der Waals surface area contributed by atoms with Gasteiger partial charge in [0, 0.05) is 6.42 Å². The molecule has 1 aromatic carbocycles. The van der Waals surface area contributed by atoms with E-state index in [2.05, 4.69) is 16.0 Å². The van der Waals surface area contributed by atoms with E-state index in [1.54, 1.807) is 0 Å². The summed E-state index contributed by atoms with van der Waals surface area (Å²) in [5.41, 5.74) is 0.938. The van der Waals surface area contributed by atoms with Crippen molar-refractivity contribution in [1.82, 2.24) is 16.0 Å². The summed E-state index contributed by atoms with van der Waals surface area (Å²) in [6, 6.07) is 8.73.